The molecule has 1 fully saturated rings. The summed E-state index contributed by atoms with van der Waals surface area (Å²) in [5.41, 5.74) is 10.3. The topological polar surface area (TPSA) is 169 Å². The lowest BCUT2D eigenvalue weighted by atomic mass is 9.95. The van der Waals surface area contributed by atoms with Gasteiger partial charge < -0.3 is 36.5 Å². The predicted molar refractivity (Wildman–Crippen MR) is 131 cm³/mol. The summed E-state index contributed by atoms with van der Waals surface area (Å²) >= 11 is 0. The number of nitrogens with zero attached hydrogens (tertiary/aromatic N) is 2. The van der Waals surface area contributed by atoms with Gasteiger partial charge in [0.25, 0.3) is 0 Å². The molecule has 1 heterocycles. The van der Waals surface area contributed by atoms with E-state index in [1.54, 1.807) is 13.8 Å². The van der Waals surface area contributed by atoms with Crippen LogP contribution in [0.2, 0.25) is 0 Å². The molecule has 0 spiro atoms. The summed E-state index contributed by atoms with van der Waals surface area (Å²) in [7, 11) is 0. The number of hydrogen-bond acceptors (Lipinski definition) is 6. The van der Waals surface area contributed by atoms with Crippen molar-refractivity contribution in [1.29, 1.82) is 0 Å². The van der Waals surface area contributed by atoms with Crippen molar-refractivity contribution in [2.75, 3.05) is 19.7 Å². The molecule has 3 amide bonds. The first kappa shape index (κ1) is 27.6. The van der Waals surface area contributed by atoms with Gasteiger partial charge in [0, 0.05) is 19.5 Å². The van der Waals surface area contributed by atoms with E-state index in [1.165, 1.54) is 4.90 Å². The van der Waals surface area contributed by atoms with Crippen molar-refractivity contribution in [1.82, 2.24) is 15.5 Å². The monoisotopic (exact) mass is 488 g/mol. The Kier molecular flexibility index (Phi) is 10.5. The van der Waals surface area contributed by atoms with Crippen LogP contribution in [0.25, 0.3) is 0 Å². The summed E-state index contributed by atoms with van der Waals surface area (Å²) in [5, 5.41) is 5.39. The molecule has 0 bridgehead atoms. The van der Waals surface area contributed by atoms with Gasteiger partial charge in [0.15, 0.2) is 5.96 Å². The van der Waals surface area contributed by atoms with Gasteiger partial charge >= 0.3 is 6.09 Å². The average Bonchev–Trinajstić information content (AvgIpc) is 3.23. The van der Waals surface area contributed by atoms with Crippen LogP contribution < -0.4 is 22.1 Å². The Balaban J connectivity index is 2.15. The summed E-state index contributed by atoms with van der Waals surface area (Å²) in [4.78, 5) is 55.9. The molecule has 6 N–H and O–H groups in total. The van der Waals surface area contributed by atoms with Crippen molar-refractivity contribution in [3.8, 4) is 0 Å². The summed E-state index contributed by atoms with van der Waals surface area (Å²) in [6, 6.07) is 7.64. The highest BCUT2D eigenvalue weighted by atomic mass is 16.5. The zero-order valence-electron chi connectivity index (χ0n) is 20.4. The predicted octanol–water partition coefficient (Wildman–Crippen LogP) is 0.462. The van der Waals surface area contributed by atoms with Crippen LogP contribution in [0.3, 0.4) is 0 Å². The number of carbonyl (C=O) groups excluding carboxylic acids is 4. The third kappa shape index (κ3) is 7.97. The van der Waals surface area contributed by atoms with E-state index in [-0.39, 0.29) is 24.9 Å². The molecule has 11 heteroatoms. The fourth-order valence-electron chi connectivity index (χ4n) is 4.12. The molecule has 2 rings (SSSR count). The maximum Gasteiger partial charge on any atom is 0.407 e. The van der Waals surface area contributed by atoms with Crippen LogP contribution in [-0.4, -0.2) is 72.4 Å². The van der Waals surface area contributed by atoms with Gasteiger partial charge in [-0.3, -0.25) is 14.6 Å². The van der Waals surface area contributed by atoms with E-state index in [9.17, 15) is 19.2 Å². The molecule has 1 aromatic rings. The number of rotatable bonds is 12. The lowest BCUT2D eigenvalue weighted by molar-refractivity contribution is -0.146. The van der Waals surface area contributed by atoms with Gasteiger partial charge in [0.05, 0.1) is 12.6 Å². The van der Waals surface area contributed by atoms with E-state index in [0.717, 1.165) is 5.56 Å². The number of nitrogens with one attached hydrogen (secondary N) is 2. The summed E-state index contributed by atoms with van der Waals surface area (Å²) in [5.74, 6) is -0.838. The van der Waals surface area contributed by atoms with Gasteiger partial charge in [-0.25, -0.2) is 4.79 Å². The fourth-order valence-corrected chi connectivity index (χ4v) is 4.12. The first-order valence-corrected chi connectivity index (χ1v) is 11.8. The molecule has 3 atom stereocenters. The number of hydrogen-bond donors (Lipinski definition) is 4. The van der Waals surface area contributed by atoms with Crippen LogP contribution in [0.4, 0.5) is 4.79 Å². The van der Waals surface area contributed by atoms with Gasteiger partial charge in [0.1, 0.15) is 17.9 Å². The molecule has 0 aromatic heterocycles. The lowest BCUT2D eigenvalue weighted by Crippen LogP contribution is -2.61. The van der Waals surface area contributed by atoms with Crippen LogP contribution in [0.5, 0.6) is 0 Å². The van der Waals surface area contributed by atoms with Crippen molar-refractivity contribution in [3.05, 3.63) is 35.9 Å². The number of likely N-dealkylation sites (tertiary alicyclic amines) is 1. The third-order valence-corrected chi connectivity index (χ3v) is 5.99. The van der Waals surface area contributed by atoms with E-state index in [2.05, 4.69) is 15.6 Å². The van der Waals surface area contributed by atoms with Crippen molar-refractivity contribution < 1.29 is 23.9 Å². The van der Waals surface area contributed by atoms with Crippen LogP contribution >= 0.6 is 0 Å². The SMILES string of the molecule is CCOC(=O)N[C@@H](Cc1ccccc1)C(=O)N1CCC[C@@]1(C)C(=O)N[C@H](C=O)CCCN=C(N)N. The zero-order valence-corrected chi connectivity index (χ0v) is 20.4. The van der Waals surface area contributed by atoms with Crippen molar-refractivity contribution in [2.45, 2.75) is 63.6 Å². The van der Waals surface area contributed by atoms with Crippen molar-refractivity contribution in [2.24, 2.45) is 16.5 Å². The van der Waals surface area contributed by atoms with Crippen LogP contribution in [0.15, 0.2) is 35.3 Å². The van der Waals surface area contributed by atoms with E-state index < -0.39 is 29.6 Å². The summed E-state index contributed by atoms with van der Waals surface area (Å²) in [6.45, 7) is 4.22. The molecule has 1 saturated heterocycles. The largest absolute Gasteiger partial charge is 0.450 e. The number of benzene rings is 1. The third-order valence-electron chi connectivity index (χ3n) is 5.99. The van der Waals surface area contributed by atoms with Gasteiger partial charge in [-0.1, -0.05) is 30.3 Å². The van der Waals surface area contributed by atoms with Gasteiger partial charge in [-0.15, -0.1) is 0 Å². The van der Waals surface area contributed by atoms with Crippen LogP contribution in [0.1, 0.15) is 45.1 Å². The maximum absolute atomic E-state index is 13.6. The second-order valence-corrected chi connectivity index (χ2v) is 8.64. The Labute approximate surface area is 205 Å². The second-order valence-electron chi connectivity index (χ2n) is 8.64. The average molecular weight is 489 g/mol. The number of amides is 3. The number of ether oxygens (including phenoxy) is 1. The molecule has 0 aliphatic carbocycles. The number of alkyl carbamates (subject to hydrolysis) is 1. The minimum atomic E-state index is -1.16. The Morgan fingerprint density at radius 2 is 1.94 bits per heavy atom. The van der Waals surface area contributed by atoms with Crippen molar-refractivity contribution >= 4 is 30.2 Å². The number of nitrogens with two attached hydrogens (primary N) is 2. The molecule has 192 valence electrons. The smallest absolute Gasteiger partial charge is 0.407 e. The van der Waals surface area contributed by atoms with Crippen LogP contribution in [-0.2, 0) is 25.5 Å². The summed E-state index contributed by atoms with van der Waals surface area (Å²) in [6.07, 6.45) is 2.12. The maximum atomic E-state index is 13.6. The molecular formula is C24H36N6O5. The van der Waals surface area contributed by atoms with Gasteiger partial charge in [-0.05, 0) is 45.1 Å². The number of aldehydes is 1. The molecular weight excluding hydrogens is 452 g/mol. The van der Waals surface area contributed by atoms with E-state index in [1.807, 2.05) is 30.3 Å². The van der Waals surface area contributed by atoms with E-state index in [4.69, 9.17) is 16.2 Å². The first-order chi connectivity index (χ1) is 16.7. The van der Waals surface area contributed by atoms with Gasteiger partial charge in [0.2, 0.25) is 11.8 Å². The Morgan fingerprint density at radius 1 is 1.23 bits per heavy atom. The Morgan fingerprint density at radius 3 is 2.57 bits per heavy atom. The van der Waals surface area contributed by atoms with Gasteiger partial charge in [-0.2, -0.15) is 0 Å². The highest BCUT2D eigenvalue weighted by molar-refractivity contribution is 5.95. The molecule has 1 aliphatic heterocycles. The summed E-state index contributed by atoms with van der Waals surface area (Å²) < 4.78 is 4.99. The van der Waals surface area contributed by atoms with Crippen LogP contribution in [0, 0.1) is 0 Å². The molecule has 0 saturated carbocycles. The van der Waals surface area contributed by atoms with E-state index in [0.29, 0.717) is 45.1 Å². The first-order valence-electron chi connectivity index (χ1n) is 11.8. The number of guanidine groups is 1. The minimum absolute atomic E-state index is 0.0363. The molecule has 1 aromatic carbocycles. The molecule has 0 unspecified atom stereocenters. The highest BCUT2D eigenvalue weighted by Gasteiger charge is 2.47. The van der Waals surface area contributed by atoms with Crippen molar-refractivity contribution in [3.63, 3.8) is 0 Å². The highest BCUT2D eigenvalue weighted by Crippen LogP contribution is 2.30. The quantitative estimate of drug-likeness (QED) is 0.143. The molecule has 0 radical (unpaired) electrons. The Hall–Kier alpha value is -3.63. The lowest BCUT2D eigenvalue weighted by Gasteiger charge is -2.37. The zero-order chi connectivity index (χ0) is 25.8. The molecule has 35 heavy (non-hydrogen) atoms. The number of aliphatic imine (C=N–C) groups is 1. The minimum Gasteiger partial charge on any atom is -0.450 e. The number of carbonyl (C=O) groups is 4. The standard InChI is InChI=1S/C24H36N6O5/c1-3-35-23(34)29-19(15-17-9-5-4-6-10-17)20(32)30-14-8-12-24(30,2)21(33)28-18(16-31)11-7-13-27-22(25)26/h4-6,9-10,16,18-19H,3,7-8,11-15H2,1-2H3,(H,28,33)(H,29,34)(H4,25,26,27)/t18-,19-,24-/m0/s1. The Bertz CT molecular complexity index is 905. The second kappa shape index (κ2) is 13.3. The molecule has 1 aliphatic rings. The normalized spacial score (nSPS) is 18.7. The fraction of sp³-hybridized carbons (Fsp3) is 0.542. The van der Waals surface area contributed by atoms with E-state index >= 15 is 0 Å². The molecule has 11 nitrogen and oxygen atoms in total.